The van der Waals surface area contributed by atoms with Crippen molar-refractivity contribution in [2.45, 2.75) is 72.3 Å². The lowest BCUT2D eigenvalue weighted by molar-refractivity contribution is -0.604. The summed E-state index contributed by atoms with van der Waals surface area (Å²) in [5.41, 5.74) is -2.56. The maximum absolute atomic E-state index is 13.2. The Balaban J connectivity index is 2.21. The summed E-state index contributed by atoms with van der Waals surface area (Å²) in [5.74, 6) is 0.151. The molecule has 2 unspecified atom stereocenters. The van der Waals surface area contributed by atoms with E-state index in [-0.39, 0.29) is 11.2 Å². The highest BCUT2D eigenvalue weighted by atomic mass is 17.3. The Hall–Kier alpha value is -1.79. The first kappa shape index (κ1) is 20.0. The van der Waals surface area contributed by atoms with Crippen molar-refractivity contribution in [3.8, 4) is 5.75 Å². The van der Waals surface area contributed by atoms with E-state index in [1.165, 1.54) is 0 Å². The minimum absolute atomic E-state index is 0.151. The number of ether oxygens (including phenoxy) is 1. The zero-order valence-electron chi connectivity index (χ0n) is 17.5. The van der Waals surface area contributed by atoms with Crippen molar-refractivity contribution in [2.24, 2.45) is 10.8 Å². The van der Waals surface area contributed by atoms with Crippen LogP contribution in [0.5, 0.6) is 5.75 Å². The number of aromatic hydroxyl groups is 1. The zero-order chi connectivity index (χ0) is 20.5. The maximum atomic E-state index is 13.2. The van der Waals surface area contributed by atoms with E-state index < -0.39 is 28.4 Å². The van der Waals surface area contributed by atoms with Crippen molar-refractivity contribution in [1.82, 2.24) is 4.90 Å². The lowest BCUT2D eigenvalue weighted by Gasteiger charge is -2.63. The third-order valence-electron chi connectivity index (χ3n) is 5.58. The van der Waals surface area contributed by atoms with Crippen LogP contribution in [0, 0.1) is 10.8 Å². The summed E-state index contributed by atoms with van der Waals surface area (Å²) < 4.78 is 5.70. The van der Waals surface area contributed by atoms with Crippen molar-refractivity contribution in [3.63, 3.8) is 0 Å². The van der Waals surface area contributed by atoms with E-state index in [1.807, 2.05) is 20.8 Å². The Bertz CT molecular complexity index is 743. The van der Waals surface area contributed by atoms with Gasteiger partial charge in [-0.25, -0.2) is 9.68 Å². The van der Waals surface area contributed by atoms with Gasteiger partial charge in [0.2, 0.25) is 5.72 Å². The molecular formula is C21H31NO5. The first-order valence-corrected chi connectivity index (χ1v) is 9.35. The van der Waals surface area contributed by atoms with Gasteiger partial charge in [0.25, 0.3) is 0 Å². The second-order valence-corrected chi connectivity index (χ2v) is 10.2. The molecule has 0 radical (unpaired) electrons. The smallest absolute Gasteiger partial charge is 0.413 e. The van der Waals surface area contributed by atoms with E-state index in [4.69, 9.17) is 14.5 Å². The highest BCUT2D eigenvalue weighted by Gasteiger charge is 2.83. The summed E-state index contributed by atoms with van der Waals surface area (Å²) in [6, 6.07) is 6.74. The molecule has 6 heteroatoms. The number of phenols is 1. The van der Waals surface area contributed by atoms with Crippen LogP contribution in [0.25, 0.3) is 0 Å². The van der Waals surface area contributed by atoms with Crippen LogP contribution in [0.2, 0.25) is 0 Å². The fourth-order valence-corrected chi connectivity index (χ4v) is 4.88. The number of hydrogen-bond acceptors (Lipinski definition) is 5. The van der Waals surface area contributed by atoms with Crippen LogP contribution in [0.4, 0.5) is 4.79 Å². The average Bonchev–Trinajstić information content (AvgIpc) is 2.58. The molecule has 150 valence electrons. The summed E-state index contributed by atoms with van der Waals surface area (Å²) in [5, 5.41) is 9.74. The third kappa shape index (κ3) is 2.57. The Kier molecular flexibility index (Phi) is 4.15. The highest BCUT2D eigenvalue weighted by molar-refractivity contribution is 5.71. The number of benzene rings is 1. The summed E-state index contributed by atoms with van der Waals surface area (Å²) >= 11 is 0. The molecule has 0 bridgehead atoms. The average molecular weight is 377 g/mol. The molecule has 2 atom stereocenters. The van der Waals surface area contributed by atoms with E-state index in [9.17, 15) is 9.90 Å². The molecular weight excluding hydrogens is 346 g/mol. The van der Waals surface area contributed by atoms with Crippen LogP contribution in [-0.4, -0.2) is 33.8 Å². The molecule has 3 rings (SSSR count). The molecule has 0 aliphatic carbocycles. The number of rotatable bonds is 1. The summed E-state index contributed by atoms with van der Waals surface area (Å²) in [6.45, 7) is 16.4. The molecule has 0 aromatic heterocycles. The van der Waals surface area contributed by atoms with E-state index in [0.29, 0.717) is 6.54 Å². The molecule has 2 fully saturated rings. The van der Waals surface area contributed by atoms with Gasteiger partial charge in [0, 0.05) is 22.9 Å². The van der Waals surface area contributed by atoms with E-state index in [2.05, 4.69) is 34.6 Å². The van der Waals surface area contributed by atoms with Crippen molar-refractivity contribution in [2.75, 3.05) is 6.54 Å². The molecule has 1 aromatic rings. The number of phenolic OH excluding ortho intramolecular Hbond substituents is 1. The normalized spacial score (nSPS) is 29.9. The number of likely N-dealkylation sites (tertiary alicyclic amines) is 1. The minimum atomic E-state index is -1.13. The lowest BCUT2D eigenvalue weighted by Crippen LogP contribution is -2.75. The predicted octanol–water partition coefficient (Wildman–Crippen LogP) is 4.57. The molecule has 27 heavy (non-hydrogen) atoms. The van der Waals surface area contributed by atoms with Gasteiger partial charge in [0.05, 0.1) is 0 Å². The van der Waals surface area contributed by atoms with E-state index >= 15 is 0 Å². The summed E-state index contributed by atoms with van der Waals surface area (Å²) in [7, 11) is 0. The van der Waals surface area contributed by atoms with Gasteiger partial charge in [-0.2, -0.15) is 4.89 Å². The van der Waals surface area contributed by atoms with Crippen LogP contribution in [0.1, 0.15) is 61.0 Å². The molecule has 2 heterocycles. The van der Waals surface area contributed by atoms with Crippen LogP contribution in [0.3, 0.4) is 0 Å². The third-order valence-corrected chi connectivity index (χ3v) is 5.58. The van der Waals surface area contributed by atoms with E-state index in [0.717, 1.165) is 5.56 Å². The fourth-order valence-electron chi connectivity index (χ4n) is 4.88. The van der Waals surface area contributed by atoms with Crippen molar-refractivity contribution < 1.29 is 24.4 Å². The quantitative estimate of drug-likeness (QED) is 0.726. The number of carbonyl (C=O) groups is 1. The molecule has 1 aromatic carbocycles. The van der Waals surface area contributed by atoms with Gasteiger partial charge < -0.3 is 9.84 Å². The minimum Gasteiger partial charge on any atom is -0.508 e. The Morgan fingerprint density at radius 2 is 1.63 bits per heavy atom. The first-order chi connectivity index (χ1) is 12.2. The second-order valence-electron chi connectivity index (χ2n) is 10.2. The zero-order valence-corrected chi connectivity index (χ0v) is 17.5. The van der Waals surface area contributed by atoms with Gasteiger partial charge in [0.1, 0.15) is 11.4 Å². The van der Waals surface area contributed by atoms with Crippen molar-refractivity contribution in [3.05, 3.63) is 29.8 Å². The molecule has 2 aliphatic rings. The molecule has 0 spiro atoms. The van der Waals surface area contributed by atoms with Gasteiger partial charge in [-0.3, -0.25) is 4.90 Å². The van der Waals surface area contributed by atoms with Crippen molar-refractivity contribution >= 4 is 6.09 Å². The molecule has 1 N–H and O–H groups in total. The van der Waals surface area contributed by atoms with Crippen molar-refractivity contribution in [1.29, 1.82) is 0 Å². The van der Waals surface area contributed by atoms with Gasteiger partial charge in [-0.15, -0.1) is 0 Å². The molecule has 6 nitrogen and oxygen atoms in total. The SMILES string of the molecule is CC(C)(C)OC(=O)N1CC(C)(C)C2(C(C)(C)C)OOC12c1ccc(O)cc1. The number of nitrogens with zero attached hydrogens (tertiary/aromatic N) is 1. The second kappa shape index (κ2) is 5.61. The number of fused-ring (bicyclic) bond motifs is 1. The molecule has 1 amide bonds. The van der Waals surface area contributed by atoms with Gasteiger partial charge in [-0.05, 0) is 32.9 Å². The van der Waals surface area contributed by atoms with E-state index in [1.54, 1.807) is 29.2 Å². The monoisotopic (exact) mass is 377 g/mol. The summed E-state index contributed by atoms with van der Waals surface area (Å²) in [6.07, 6.45) is -0.446. The Morgan fingerprint density at radius 3 is 2.04 bits per heavy atom. The predicted molar refractivity (Wildman–Crippen MR) is 101 cm³/mol. The lowest BCUT2D eigenvalue weighted by atomic mass is 9.57. The number of carbonyl (C=O) groups excluding carboxylic acids is 1. The van der Waals surface area contributed by atoms with Gasteiger partial charge in [-0.1, -0.05) is 46.8 Å². The number of amides is 1. The first-order valence-electron chi connectivity index (χ1n) is 9.35. The molecule has 2 saturated heterocycles. The molecule has 0 saturated carbocycles. The maximum Gasteiger partial charge on any atom is 0.413 e. The largest absolute Gasteiger partial charge is 0.508 e. The highest BCUT2D eigenvalue weighted by Crippen LogP contribution is 2.70. The number of hydrogen-bond donors (Lipinski definition) is 1. The van der Waals surface area contributed by atoms with Crippen LogP contribution < -0.4 is 0 Å². The Morgan fingerprint density at radius 1 is 1.07 bits per heavy atom. The van der Waals surface area contributed by atoms with Crippen LogP contribution >= 0.6 is 0 Å². The molecule has 2 aliphatic heterocycles. The van der Waals surface area contributed by atoms with Crippen LogP contribution in [-0.2, 0) is 20.2 Å². The van der Waals surface area contributed by atoms with Gasteiger partial charge >= 0.3 is 6.09 Å². The standard InChI is InChI=1S/C21H31NO5/c1-17(2,3)21-19(7,8)13-22(16(24)25-18(4,5)6)20(21,26-27-21)14-9-11-15(23)12-10-14/h9-12,23H,13H2,1-8H3. The topological polar surface area (TPSA) is 68.2 Å². The van der Waals surface area contributed by atoms with Gasteiger partial charge in [0.15, 0.2) is 5.60 Å². The Labute approximate surface area is 161 Å². The van der Waals surface area contributed by atoms with Crippen LogP contribution in [0.15, 0.2) is 24.3 Å². The fraction of sp³-hybridized carbons (Fsp3) is 0.667. The summed E-state index contributed by atoms with van der Waals surface area (Å²) in [4.78, 5) is 26.5.